The Bertz CT molecular complexity index is 563. The molecule has 2 rings (SSSR count). The smallest absolute Gasteiger partial charge is 0.227 e. The van der Waals surface area contributed by atoms with Gasteiger partial charge in [0, 0.05) is 35.9 Å². The Hall–Kier alpha value is -1.14. The molecule has 0 radical (unpaired) electrons. The molecule has 1 fully saturated rings. The maximum absolute atomic E-state index is 12.0. The molecule has 0 bridgehead atoms. The molecule has 20 heavy (non-hydrogen) atoms. The maximum atomic E-state index is 12.0. The number of amides is 1. The van der Waals surface area contributed by atoms with Gasteiger partial charge in [-0.1, -0.05) is 28.1 Å². The topological polar surface area (TPSA) is 58.4 Å². The molecule has 108 valence electrons. The van der Waals surface area contributed by atoms with Crippen LogP contribution in [0.15, 0.2) is 22.7 Å². The minimum atomic E-state index is -0.370. The van der Waals surface area contributed by atoms with E-state index < -0.39 is 0 Å². The number of halogens is 1. The van der Waals surface area contributed by atoms with Crippen LogP contribution in [-0.2, 0) is 4.79 Å². The lowest BCUT2D eigenvalue weighted by Gasteiger charge is -2.25. The number of hydrogen-bond acceptors (Lipinski definition) is 3. The van der Waals surface area contributed by atoms with Gasteiger partial charge in [0.15, 0.2) is 0 Å². The number of benzene rings is 1. The molecule has 1 heterocycles. The lowest BCUT2D eigenvalue weighted by molar-refractivity contribution is -0.128. The second-order valence-electron chi connectivity index (χ2n) is 5.34. The van der Waals surface area contributed by atoms with Crippen molar-refractivity contribution in [1.82, 2.24) is 5.32 Å². The SMILES string of the molecule is CNC(=O)C1(C)CCN(c2cc(Br)ccc2C(N)=S)C1. The Kier molecular flexibility index (Phi) is 4.34. The third-order valence-electron chi connectivity index (χ3n) is 3.81. The van der Waals surface area contributed by atoms with Crippen molar-refractivity contribution in [3.8, 4) is 0 Å². The van der Waals surface area contributed by atoms with E-state index in [0.717, 1.165) is 28.7 Å². The van der Waals surface area contributed by atoms with Gasteiger partial charge in [-0.25, -0.2) is 0 Å². The van der Waals surface area contributed by atoms with Crippen LogP contribution >= 0.6 is 28.1 Å². The van der Waals surface area contributed by atoms with Crippen LogP contribution in [0.3, 0.4) is 0 Å². The van der Waals surface area contributed by atoms with E-state index in [1.54, 1.807) is 7.05 Å². The van der Waals surface area contributed by atoms with Gasteiger partial charge in [-0.15, -0.1) is 0 Å². The van der Waals surface area contributed by atoms with E-state index in [2.05, 4.69) is 26.1 Å². The Morgan fingerprint density at radius 3 is 2.85 bits per heavy atom. The molecule has 1 atom stereocenters. The normalized spacial score (nSPS) is 21.9. The van der Waals surface area contributed by atoms with Crippen molar-refractivity contribution < 1.29 is 4.79 Å². The minimum Gasteiger partial charge on any atom is -0.389 e. The van der Waals surface area contributed by atoms with Gasteiger partial charge in [0.1, 0.15) is 4.99 Å². The van der Waals surface area contributed by atoms with Gasteiger partial charge in [-0.2, -0.15) is 0 Å². The zero-order chi connectivity index (χ0) is 14.9. The van der Waals surface area contributed by atoms with Crippen molar-refractivity contribution in [3.63, 3.8) is 0 Å². The van der Waals surface area contributed by atoms with Crippen LogP contribution in [-0.4, -0.2) is 31.0 Å². The number of rotatable bonds is 3. The van der Waals surface area contributed by atoms with Crippen molar-refractivity contribution in [3.05, 3.63) is 28.2 Å². The third kappa shape index (κ3) is 2.81. The summed E-state index contributed by atoms with van der Waals surface area (Å²) < 4.78 is 0.973. The van der Waals surface area contributed by atoms with Gasteiger partial charge in [-0.05, 0) is 31.5 Å². The number of carbonyl (C=O) groups is 1. The third-order valence-corrected chi connectivity index (χ3v) is 4.53. The molecule has 1 saturated heterocycles. The predicted molar refractivity (Wildman–Crippen MR) is 89.0 cm³/mol. The zero-order valence-corrected chi connectivity index (χ0v) is 14.0. The van der Waals surface area contributed by atoms with Crippen molar-refractivity contribution in [1.29, 1.82) is 0 Å². The highest BCUT2D eigenvalue weighted by atomic mass is 79.9. The standard InChI is InChI=1S/C14H18BrN3OS/c1-14(13(19)17-2)5-6-18(8-14)11-7-9(15)3-4-10(11)12(16)20/h3-4,7H,5-6,8H2,1-2H3,(H2,16,20)(H,17,19). The molecule has 1 aliphatic rings. The molecular weight excluding hydrogens is 338 g/mol. The monoisotopic (exact) mass is 355 g/mol. The van der Waals surface area contributed by atoms with Crippen molar-refractivity contribution in [2.24, 2.45) is 11.1 Å². The van der Waals surface area contributed by atoms with Gasteiger partial charge in [0.05, 0.1) is 5.41 Å². The van der Waals surface area contributed by atoms with E-state index in [9.17, 15) is 4.79 Å². The second kappa shape index (κ2) is 5.69. The van der Waals surface area contributed by atoms with Crippen LogP contribution in [0.5, 0.6) is 0 Å². The molecule has 1 aliphatic heterocycles. The Morgan fingerprint density at radius 1 is 1.55 bits per heavy atom. The van der Waals surface area contributed by atoms with Gasteiger partial charge < -0.3 is 16.0 Å². The summed E-state index contributed by atoms with van der Waals surface area (Å²) in [5.41, 5.74) is 7.26. The number of carbonyl (C=O) groups excluding carboxylic acids is 1. The first kappa shape index (κ1) is 15.3. The fourth-order valence-corrected chi connectivity index (χ4v) is 3.15. The highest BCUT2D eigenvalue weighted by molar-refractivity contribution is 9.10. The van der Waals surface area contributed by atoms with Gasteiger partial charge in [-0.3, -0.25) is 4.79 Å². The molecule has 0 spiro atoms. The van der Waals surface area contributed by atoms with E-state index in [1.165, 1.54) is 0 Å². The van der Waals surface area contributed by atoms with Gasteiger partial charge in [0.2, 0.25) is 5.91 Å². The molecule has 3 N–H and O–H groups in total. The van der Waals surface area contributed by atoms with Crippen LogP contribution in [0.25, 0.3) is 0 Å². The highest BCUT2D eigenvalue weighted by Crippen LogP contribution is 2.36. The summed E-state index contributed by atoms with van der Waals surface area (Å²) in [6.07, 6.45) is 0.815. The first-order valence-corrected chi connectivity index (χ1v) is 7.64. The first-order valence-electron chi connectivity index (χ1n) is 6.44. The number of nitrogens with zero attached hydrogens (tertiary/aromatic N) is 1. The minimum absolute atomic E-state index is 0.0758. The number of hydrogen-bond donors (Lipinski definition) is 2. The quantitative estimate of drug-likeness (QED) is 0.814. The average molecular weight is 356 g/mol. The molecule has 1 unspecified atom stereocenters. The molecule has 0 saturated carbocycles. The number of nitrogens with one attached hydrogen (secondary N) is 1. The van der Waals surface area contributed by atoms with Crippen LogP contribution in [0.2, 0.25) is 0 Å². The van der Waals surface area contributed by atoms with Crippen molar-refractivity contribution in [2.45, 2.75) is 13.3 Å². The fourth-order valence-electron chi connectivity index (χ4n) is 2.63. The molecule has 0 aliphatic carbocycles. The molecule has 1 aromatic carbocycles. The summed E-state index contributed by atoms with van der Waals surface area (Å²) in [5, 5.41) is 2.74. The van der Waals surface area contributed by atoms with Crippen LogP contribution in [0.4, 0.5) is 5.69 Å². The molecule has 1 amide bonds. The maximum Gasteiger partial charge on any atom is 0.227 e. The fraction of sp³-hybridized carbons (Fsp3) is 0.429. The largest absolute Gasteiger partial charge is 0.389 e. The van der Waals surface area contributed by atoms with Crippen LogP contribution in [0, 0.1) is 5.41 Å². The van der Waals surface area contributed by atoms with Gasteiger partial charge in [0.25, 0.3) is 0 Å². The number of thiocarbonyl (C=S) groups is 1. The molecule has 6 heteroatoms. The molecule has 0 aromatic heterocycles. The highest BCUT2D eigenvalue weighted by Gasteiger charge is 2.40. The molecule has 1 aromatic rings. The summed E-state index contributed by atoms with van der Waals surface area (Å²) in [6, 6.07) is 5.84. The van der Waals surface area contributed by atoms with E-state index in [1.807, 2.05) is 25.1 Å². The van der Waals surface area contributed by atoms with E-state index >= 15 is 0 Å². The average Bonchev–Trinajstić information content (AvgIpc) is 2.81. The summed E-state index contributed by atoms with van der Waals surface area (Å²) in [5.74, 6) is 0.0758. The Balaban J connectivity index is 2.33. The Morgan fingerprint density at radius 2 is 2.25 bits per heavy atom. The van der Waals surface area contributed by atoms with Gasteiger partial charge >= 0.3 is 0 Å². The number of nitrogens with two attached hydrogens (primary N) is 1. The Labute approximate surface area is 132 Å². The van der Waals surface area contributed by atoms with Crippen molar-refractivity contribution in [2.75, 3.05) is 25.0 Å². The summed E-state index contributed by atoms with van der Waals surface area (Å²) >= 11 is 8.59. The predicted octanol–water partition coefficient (Wildman–Crippen LogP) is 2.05. The molecule has 4 nitrogen and oxygen atoms in total. The lowest BCUT2D eigenvalue weighted by Crippen LogP contribution is -2.39. The second-order valence-corrected chi connectivity index (χ2v) is 6.69. The summed E-state index contributed by atoms with van der Waals surface area (Å²) in [7, 11) is 1.68. The van der Waals surface area contributed by atoms with E-state index in [0.29, 0.717) is 11.5 Å². The van der Waals surface area contributed by atoms with Crippen LogP contribution < -0.4 is 16.0 Å². The lowest BCUT2D eigenvalue weighted by atomic mass is 9.89. The number of anilines is 1. The van der Waals surface area contributed by atoms with E-state index in [4.69, 9.17) is 18.0 Å². The van der Waals surface area contributed by atoms with Crippen LogP contribution in [0.1, 0.15) is 18.9 Å². The first-order chi connectivity index (χ1) is 9.37. The zero-order valence-electron chi connectivity index (χ0n) is 11.6. The molecular formula is C14H18BrN3OS. The van der Waals surface area contributed by atoms with E-state index in [-0.39, 0.29) is 11.3 Å². The summed E-state index contributed by atoms with van der Waals surface area (Å²) in [6.45, 7) is 3.47. The van der Waals surface area contributed by atoms with Crippen molar-refractivity contribution >= 4 is 44.7 Å². The summed E-state index contributed by atoms with van der Waals surface area (Å²) in [4.78, 5) is 14.6.